The number of rotatable bonds is 3. The first-order valence-electron chi connectivity index (χ1n) is 7.22. The first-order chi connectivity index (χ1) is 10.0. The van der Waals surface area contributed by atoms with E-state index in [0.29, 0.717) is 28.2 Å². The van der Waals surface area contributed by atoms with Crippen LogP contribution in [0.3, 0.4) is 0 Å². The topological polar surface area (TPSA) is 58.4 Å². The summed E-state index contributed by atoms with van der Waals surface area (Å²) in [6.07, 6.45) is 4.44. The van der Waals surface area contributed by atoms with Gasteiger partial charge in [-0.1, -0.05) is 36.0 Å². The monoisotopic (exact) mass is 329 g/mol. The zero-order valence-corrected chi connectivity index (χ0v) is 13.6. The molecule has 0 aromatic heterocycles. The molecule has 1 saturated carbocycles. The van der Waals surface area contributed by atoms with E-state index >= 15 is 0 Å². The van der Waals surface area contributed by atoms with Crippen molar-refractivity contribution in [2.75, 3.05) is 18.9 Å². The van der Waals surface area contributed by atoms with Gasteiger partial charge < -0.3 is 16.0 Å². The Bertz CT molecular complexity index is 510. The van der Waals surface area contributed by atoms with E-state index in [1.54, 1.807) is 23.1 Å². The molecule has 1 aromatic carbocycles. The van der Waals surface area contributed by atoms with Gasteiger partial charge in [-0.15, -0.1) is 0 Å². The van der Waals surface area contributed by atoms with Crippen LogP contribution in [0.2, 0.25) is 10.0 Å². The van der Waals surface area contributed by atoms with E-state index in [4.69, 9.17) is 28.9 Å². The summed E-state index contributed by atoms with van der Waals surface area (Å²) in [5.74, 6) is 0.378. The Labute approximate surface area is 135 Å². The lowest BCUT2D eigenvalue weighted by atomic mass is 9.84. The smallest absolute Gasteiger partial charge is 0.321 e. The highest BCUT2D eigenvalue weighted by atomic mass is 35.5. The summed E-state index contributed by atoms with van der Waals surface area (Å²) >= 11 is 11.8. The molecule has 2 unspecified atom stereocenters. The average Bonchev–Trinajstić information content (AvgIpc) is 2.50. The van der Waals surface area contributed by atoms with Gasteiger partial charge in [0.2, 0.25) is 0 Å². The Kier molecular flexibility index (Phi) is 5.73. The van der Waals surface area contributed by atoms with Crippen LogP contribution in [-0.2, 0) is 0 Å². The highest BCUT2D eigenvalue weighted by molar-refractivity contribution is 6.42. The number of nitrogens with two attached hydrogens (primary N) is 1. The van der Waals surface area contributed by atoms with Crippen LogP contribution in [0.1, 0.15) is 25.7 Å². The molecule has 0 aliphatic heterocycles. The summed E-state index contributed by atoms with van der Waals surface area (Å²) < 4.78 is 0. The molecule has 4 nitrogen and oxygen atoms in total. The van der Waals surface area contributed by atoms with Crippen molar-refractivity contribution in [3.63, 3.8) is 0 Å². The van der Waals surface area contributed by atoms with E-state index in [2.05, 4.69) is 5.32 Å². The van der Waals surface area contributed by atoms with Crippen molar-refractivity contribution < 1.29 is 4.79 Å². The summed E-state index contributed by atoms with van der Waals surface area (Å²) in [5, 5.41) is 3.75. The normalized spacial score (nSPS) is 21.9. The third kappa shape index (κ3) is 4.02. The number of hydrogen-bond acceptors (Lipinski definition) is 2. The van der Waals surface area contributed by atoms with Gasteiger partial charge in [0.25, 0.3) is 0 Å². The molecule has 0 heterocycles. The predicted octanol–water partition coefficient (Wildman–Crippen LogP) is 3.97. The predicted molar refractivity (Wildman–Crippen MR) is 88.0 cm³/mol. The van der Waals surface area contributed by atoms with Crippen LogP contribution in [0, 0.1) is 5.92 Å². The lowest BCUT2D eigenvalue weighted by Crippen LogP contribution is -2.47. The fourth-order valence-electron chi connectivity index (χ4n) is 2.91. The minimum atomic E-state index is -0.140. The Balaban J connectivity index is 2.02. The first kappa shape index (κ1) is 16.4. The highest BCUT2D eigenvalue weighted by Gasteiger charge is 2.29. The summed E-state index contributed by atoms with van der Waals surface area (Å²) in [7, 11) is 1.82. The van der Waals surface area contributed by atoms with Gasteiger partial charge in [-0.25, -0.2) is 4.79 Å². The molecule has 2 rings (SSSR count). The molecule has 0 saturated heterocycles. The van der Waals surface area contributed by atoms with E-state index in [0.717, 1.165) is 19.3 Å². The van der Waals surface area contributed by atoms with Crippen molar-refractivity contribution in [3.8, 4) is 0 Å². The number of halogens is 2. The number of amides is 2. The molecule has 2 amide bonds. The second-order valence-electron chi connectivity index (χ2n) is 5.52. The Morgan fingerprint density at radius 1 is 1.33 bits per heavy atom. The first-order valence-corrected chi connectivity index (χ1v) is 7.97. The molecular formula is C15H21Cl2N3O. The van der Waals surface area contributed by atoms with Gasteiger partial charge in [0.1, 0.15) is 0 Å². The van der Waals surface area contributed by atoms with Crippen LogP contribution in [-0.4, -0.2) is 30.6 Å². The number of carbonyl (C=O) groups is 1. The number of carbonyl (C=O) groups excluding carboxylic acids is 1. The third-order valence-corrected chi connectivity index (χ3v) is 4.90. The number of hydrogen-bond donors (Lipinski definition) is 2. The zero-order chi connectivity index (χ0) is 15.4. The van der Waals surface area contributed by atoms with Gasteiger partial charge >= 0.3 is 6.03 Å². The molecule has 1 aliphatic carbocycles. The van der Waals surface area contributed by atoms with Crippen molar-refractivity contribution in [1.29, 1.82) is 0 Å². The number of urea groups is 1. The van der Waals surface area contributed by atoms with E-state index in [-0.39, 0.29) is 12.1 Å². The Hall–Kier alpha value is -0.970. The maximum atomic E-state index is 12.4. The molecule has 0 spiro atoms. The SMILES string of the molecule is CN(C(=O)Nc1ccc(Cl)c(Cl)c1)C1CCCCC1CN. The van der Waals surface area contributed by atoms with Crippen LogP contribution in [0.5, 0.6) is 0 Å². The van der Waals surface area contributed by atoms with Crippen LogP contribution < -0.4 is 11.1 Å². The standard InChI is InChI=1S/C15H21Cl2N3O/c1-20(14-5-3-2-4-10(14)9-18)15(21)19-11-6-7-12(16)13(17)8-11/h6-8,10,14H,2-5,9,18H2,1H3,(H,19,21). The lowest BCUT2D eigenvalue weighted by Gasteiger charge is -2.37. The molecule has 1 aliphatic rings. The molecule has 0 radical (unpaired) electrons. The molecule has 21 heavy (non-hydrogen) atoms. The second-order valence-corrected chi connectivity index (χ2v) is 6.33. The lowest BCUT2D eigenvalue weighted by molar-refractivity contribution is 0.150. The fraction of sp³-hybridized carbons (Fsp3) is 0.533. The van der Waals surface area contributed by atoms with Gasteiger partial charge in [0.05, 0.1) is 10.0 Å². The Morgan fingerprint density at radius 2 is 2.05 bits per heavy atom. The van der Waals surface area contributed by atoms with Crippen LogP contribution >= 0.6 is 23.2 Å². The van der Waals surface area contributed by atoms with Crippen LogP contribution in [0.15, 0.2) is 18.2 Å². The molecular weight excluding hydrogens is 309 g/mol. The van der Waals surface area contributed by atoms with Crippen molar-refractivity contribution in [2.45, 2.75) is 31.7 Å². The zero-order valence-electron chi connectivity index (χ0n) is 12.1. The molecule has 2 atom stereocenters. The van der Waals surface area contributed by atoms with Gasteiger partial charge in [0, 0.05) is 18.8 Å². The third-order valence-electron chi connectivity index (χ3n) is 4.16. The maximum absolute atomic E-state index is 12.4. The van der Waals surface area contributed by atoms with E-state index < -0.39 is 0 Å². The van der Waals surface area contributed by atoms with Crippen molar-refractivity contribution in [1.82, 2.24) is 4.90 Å². The largest absolute Gasteiger partial charge is 0.330 e. The van der Waals surface area contributed by atoms with Gasteiger partial charge in [-0.3, -0.25) is 0 Å². The summed E-state index contributed by atoms with van der Waals surface area (Å²) in [6.45, 7) is 0.620. The molecule has 3 N–H and O–H groups in total. The van der Waals surface area contributed by atoms with Gasteiger partial charge in [-0.2, -0.15) is 0 Å². The molecule has 1 aromatic rings. The number of nitrogens with one attached hydrogen (secondary N) is 1. The minimum absolute atomic E-state index is 0.140. The number of anilines is 1. The molecule has 1 fully saturated rings. The quantitative estimate of drug-likeness (QED) is 0.881. The van der Waals surface area contributed by atoms with E-state index in [1.165, 1.54) is 6.42 Å². The van der Waals surface area contributed by atoms with Crippen molar-refractivity contribution in [2.24, 2.45) is 11.7 Å². The maximum Gasteiger partial charge on any atom is 0.321 e. The van der Waals surface area contributed by atoms with Crippen molar-refractivity contribution >= 4 is 34.9 Å². The van der Waals surface area contributed by atoms with Crippen molar-refractivity contribution in [3.05, 3.63) is 28.2 Å². The minimum Gasteiger partial charge on any atom is -0.330 e. The molecule has 6 heteroatoms. The van der Waals surface area contributed by atoms with E-state index in [1.807, 2.05) is 7.05 Å². The molecule has 116 valence electrons. The van der Waals surface area contributed by atoms with Crippen LogP contribution in [0.25, 0.3) is 0 Å². The Morgan fingerprint density at radius 3 is 2.71 bits per heavy atom. The van der Waals surface area contributed by atoms with E-state index in [9.17, 15) is 4.79 Å². The average molecular weight is 330 g/mol. The summed E-state index contributed by atoms with van der Waals surface area (Å²) in [5.41, 5.74) is 6.47. The summed E-state index contributed by atoms with van der Waals surface area (Å²) in [4.78, 5) is 14.1. The van der Waals surface area contributed by atoms with Crippen LogP contribution in [0.4, 0.5) is 10.5 Å². The second kappa shape index (κ2) is 7.34. The van der Waals surface area contributed by atoms with Gasteiger partial charge in [-0.05, 0) is 43.5 Å². The summed E-state index contributed by atoms with van der Waals surface area (Å²) in [6, 6.07) is 5.12. The number of nitrogens with zero attached hydrogens (tertiary/aromatic N) is 1. The van der Waals surface area contributed by atoms with Gasteiger partial charge in [0.15, 0.2) is 0 Å². The number of benzene rings is 1. The fourth-order valence-corrected chi connectivity index (χ4v) is 3.21. The highest BCUT2D eigenvalue weighted by Crippen LogP contribution is 2.28. The molecule has 0 bridgehead atoms.